The van der Waals surface area contributed by atoms with Crippen LogP contribution in [0, 0.1) is 22.7 Å². The van der Waals surface area contributed by atoms with Crippen LogP contribution in [0.2, 0.25) is 0 Å². The fourth-order valence-corrected chi connectivity index (χ4v) is 5.57. The van der Waals surface area contributed by atoms with Crippen molar-refractivity contribution < 1.29 is 20.1 Å². The SMILES string of the molecule is C/C(=C\CO)CC[C@@H]1[C@@]2(C)CCC[C@](C)(CO)[C@H]2CC(=O)[C@]1(C)O. The molecule has 0 aromatic carbocycles. The lowest BCUT2D eigenvalue weighted by Gasteiger charge is -2.60. The molecular weight excluding hydrogens is 304 g/mol. The van der Waals surface area contributed by atoms with E-state index in [9.17, 15) is 15.0 Å². The molecule has 2 aliphatic rings. The van der Waals surface area contributed by atoms with Gasteiger partial charge in [0.1, 0.15) is 5.60 Å². The van der Waals surface area contributed by atoms with Gasteiger partial charge in [-0.2, -0.15) is 0 Å². The van der Waals surface area contributed by atoms with E-state index in [0.29, 0.717) is 6.42 Å². The van der Waals surface area contributed by atoms with Crippen LogP contribution in [0.1, 0.15) is 66.2 Å². The molecule has 2 aliphatic carbocycles. The number of rotatable bonds is 5. The maximum absolute atomic E-state index is 12.7. The highest BCUT2D eigenvalue weighted by molar-refractivity contribution is 5.88. The fourth-order valence-electron chi connectivity index (χ4n) is 5.57. The lowest BCUT2D eigenvalue weighted by molar-refractivity contribution is -0.187. The van der Waals surface area contributed by atoms with Crippen molar-refractivity contribution in [3.8, 4) is 0 Å². The molecule has 0 aliphatic heterocycles. The van der Waals surface area contributed by atoms with Gasteiger partial charge in [0.25, 0.3) is 0 Å². The van der Waals surface area contributed by atoms with Crippen molar-refractivity contribution in [3.05, 3.63) is 11.6 Å². The van der Waals surface area contributed by atoms with Crippen LogP contribution < -0.4 is 0 Å². The number of carbonyl (C=O) groups is 1. The maximum atomic E-state index is 12.7. The molecule has 0 saturated heterocycles. The van der Waals surface area contributed by atoms with Crippen molar-refractivity contribution in [2.24, 2.45) is 22.7 Å². The number of fused-ring (bicyclic) bond motifs is 1. The first-order valence-corrected chi connectivity index (χ1v) is 9.25. The maximum Gasteiger partial charge on any atom is 0.164 e. The molecule has 0 amide bonds. The van der Waals surface area contributed by atoms with Crippen molar-refractivity contribution in [3.63, 3.8) is 0 Å². The summed E-state index contributed by atoms with van der Waals surface area (Å²) in [5, 5.41) is 30.0. The molecule has 3 N–H and O–H groups in total. The van der Waals surface area contributed by atoms with Crippen LogP contribution >= 0.6 is 0 Å². The zero-order valence-electron chi connectivity index (χ0n) is 15.6. The second-order valence-electron chi connectivity index (χ2n) is 8.82. The third-order valence-corrected chi connectivity index (χ3v) is 7.16. The zero-order valence-corrected chi connectivity index (χ0v) is 15.6. The summed E-state index contributed by atoms with van der Waals surface area (Å²) in [5.74, 6) is -0.0894. The standard InChI is InChI=1S/C20H34O4/c1-14(8-11-21)6-7-15-19(3)10-5-9-18(2,13-22)16(19)12-17(23)20(15,4)24/h8,15-16,21-22,24H,5-7,9-13H2,1-4H3/b14-8+/t15-,16-,18-,19-,20-/m1/s1. The number of Topliss-reactive ketones (excluding diaryl/α,β-unsaturated/α-hetero) is 1. The van der Waals surface area contributed by atoms with Gasteiger partial charge in [-0.3, -0.25) is 4.79 Å². The van der Waals surface area contributed by atoms with E-state index in [1.165, 1.54) is 0 Å². The Morgan fingerprint density at radius 1 is 1.25 bits per heavy atom. The predicted octanol–water partition coefficient (Wildman–Crippen LogP) is 2.85. The van der Waals surface area contributed by atoms with Gasteiger partial charge in [0.05, 0.1) is 6.61 Å². The Hall–Kier alpha value is -0.710. The van der Waals surface area contributed by atoms with Crippen LogP contribution in [0.25, 0.3) is 0 Å². The van der Waals surface area contributed by atoms with Crippen molar-refractivity contribution in [1.29, 1.82) is 0 Å². The average Bonchev–Trinajstić information content (AvgIpc) is 2.50. The van der Waals surface area contributed by atoms with Crippen LogP contribution in [0.15, 0.2) is 11.6 Å². The topological polar surface area (TPSA) is 77.8 Å². The number of ketones is 1. The second-order valence-corrected chi connectivity index (χ2v) is 8.82. The predicted molar refractivity (Wildman–Crippen MR) is 94.5 cm³/mol. The van der Waals surface area contributed by atoms with E-state index >= 15 is 0 Å². The van der Waals surface area contributed by atoms with Gasteiger partial charge >= 0.3 is 0 Å². The molecule has 24 heavy (non-hydrogen) atoms. The molecule has 4 heteroatoms. The minimum Gasteiger partial charge on any atom is -0.396 e. The minimum atomic E-state index is -1.31. The molecule has 0 aromatic heterocycles. The number of hydrogen-bond donors (Lipinski definition) is 3. The van der Waals surface area contributed by atoms with E-state index in [2.05, 4.69) is 13.8 Å². The Bertz CT molecular complexity index is 510. The molecule has 0 radical (unpaired) electrons. The number of allylic oxidation sites excluding steroid dienone is 1. The largest absolute Gasteiger partial charge is 0.396 e. The van der Waals surface area contributed by atoms with E-state index in [0.717, 1.165) is 37.7 Å². The van der Waals surface area contributed by atoms with E-state index in [4.69, 9.17) is 5.11 Å². The van der Waals surface area contributed by atoms with E-state index < -0.39 is 5.60 Å². The Balaban J connectivity index is 2.36. The summed E-state index contributed by atoms with van der Waals surface area (Å²) >= 11 is 0. The summed E-state index contributed by atoms with van der Waals surface area (Å²) in [4.78, 5) is 12.7. The van der Waals surface area contributed by atoms with Crippen LogP contribution in [0.5, 0.6) is 0 Å². The first-order valence-electron chi connectivity index (χ1n) is 9.25. The van der Waals surface area contributed by atoms with Gasteiger partial charge in [0.15, 0.2) is 5.78 Å². The summed E-state index contributed by atoms with van der Waals surface area (Å²) in [6.07, 6.45) is 6.61. The van der Waals surface area contributed by atoms with Gasteiger partial charge in [-0.1, -0.05) is 31.9 Å². The molecule has 2 saturated carbocycles. The summed E-state index contributed by atoms with van der Waals surface area (Å²) in [6.45, 7) is 8.08. The molecule has 0 unspecified atom stereocenters. The molecule has 5 atom stereocenters. The first-order chi connectivity index (χ1) is 11.1. The van der Waals surface area contributed by atoms with Crippen molar-refractivity contribution in [2.45, 2.75) is 71.8 Å². The summed E-state index contributed by atoms with van der Waals surface area (Å²) < 4.78 is 0. The molecule has 2 fully saturated rings. The lowest BCUT2D eigenvalue weighted by atomic mass is 9.44. The molecule has 138 valence electrons. The van der Waals surface area contributed by atoms with E-state index in [-0.39, 0.29) is 41.7 Å². The monoisotopic (exact) mass is 338 g/mol. The van der Waals surface area contributed by atoms with Crippen LogP contribution in [-0.2, 0) is 4.79 Å². The van der Waals surface area contributed by atoms with Crippen molar-refractivity contribution in [2.75, 3.05) is 13.2 Å². The van der Waals surface area contributed by atoms with Gasteiger partial charge in [-0.05, 0) is 56.3 Å². The highest BCUT2D eigenvalue weighted by Crippen LogP contribution is 2.62. The molecule has 2 rings (SSSR count). The Kier molecular flexibility index (Phi) is 5.63. The summed E-state index contributed by atoms with van der Waals surface area (Å²) in [6, 6.07) is 0. The van der Waals surface area contributed by atoms with Crippen molar-refractivity contribution in [1.82, 2.24) is 0 Å². The number of hydrogen-bond acceptors (Lipinski definition) is 4. The number of aliphatic hydroxyl groups excluding tert-OH is 2. The smallest absolute Gasteiger partial charge is 0.164 e. The quantitative estimate of drug-likeness (QED) is 0.674. The van der Waals surface area contributed by atoms with Crippen molar-refractivity contribution >= 4 is 5.78 Å². The zero-order chi connectivity index (χ0) is 18.2. The van der Waals surface area contributed by atoms with Gasteiger partial charge in [0, 0.05) is 18.9 Å². The number of aliphatic hydroxyl groups is 3. The molecule has 0 bridgehead atoms. The van der Waals surface area contributed by atoms with E-state index in [1.54, 1.807) is 13.0 Å². The second kappa shape index (κ2) is 6.89. The average molecular weight is 338 g/mol. The third-order valence-electron chi connectivity index (χ3n) is 7.16. The summed E-state index contributed by atoms with van der Waals surface area (Å²) in [5.41, 5.74) is -0.606. The normalized spacial score (nSPS) is 43.6. The minimum absolute atomic E-state index is 0.0221. The highest BCUT2D eigenvalue weighted by Gasteiger charge is 2.61. The van der Waals surface area contributed by atoms with Gasteiger partial charge < -0.3 is 15.3 Å². The Labute approximate surface area is 146 Å². The molecule has 0 spiro atoms. The Morgan fingerprint density at radius 3 is 2.50 bits per heavy atom. The van der Waals surface area contributed by atoms with Gasteiger partial charge in [-0.15, -0.1) is 0 Å². The first kappa shape index (κ1) is 19.6. The molecular formula is C20H34O4. The lowest BCUT2D eigenvalue weighted by Crippen LogP contribution is -2.62. The molecule has 4 nitrogen and oxygen atoms in total. The number of carbonyl (C=O) groups excluding carboxylic acids is 1. The fraction of sp³-hybridized carbons (Fsp3) is 0.850. The van der Waals surface area contributed by atoms with E-state index in [1.807, 2.05) is 6.92 Å². The van der Waals surface area contributed by atoms with Crippen LogP contribution in [0.3, 0.4) is 0 Å². The summed E-state index contributed by atoms with van der Waals surface area (Å²) in [7, 11) is 0. The Morgan fingerprint density at radius 2 is 1.92 bits per heavy atom. The van der Waals surface area contributed by atoms with Gasteiger partial charge in [0.2, 0.25) is 0 Å². The van der Waals surface area contributed by atoms with Gasteiger partial charge in [-0.25, -0.2) is 0 Å². The third kappa shape index (κ3) is 3.21. The highest BCUT2D eigenvalue weighted by atomic mass is 16.3. The van der Waals surface area contributed by atoms with Crippen LogP contribution in [0.4, 0.5) is 0 Å². The van der Waals surface area contributed by atoms with Crippen LogP contribution in [-0.4, -0.2) is 39.9 Å². The molecule has 0 heterocycles. The molecule has 0 aromatic rings.